The van der Waals surface area contributed by atoms with Crippen molar-refractivity contribution in [3.8, 4) is 5.75 Å². The van der Waals surface area contributed by atoms with Crippen LogP contribution in [0, 0.1) is 0 Å². The van der Waals surface area contributed by atoms with E-state index in [0.29, 0.717) is 31.1 Å². The summed E-state index contributed by atoms with van der Waals surface area (Å²) in [5.74, 6) is 0.791. The van der Waals surface area contributed by atoms with Crippen LogP contribution < -0.4 is 10.1 Å². The average Bonchev–Trinajstić information content (AvgIpc) is 2.46. The maximum Gasteiger partial charge on any atom is 0.224 e. The van der Waals surface area contributed by atoms with E-state index in [1.54, 1.807) is 12.1 Å². The van der Waals surface area contributed by atoms with E-state index in [2.05, 4.69) is 5.32 Å². The first-order chi connectivity index (χ1) is 10.5. The Morgan fingerprint density at radius 3 is 2.77 bits per heavy atom. The van der Waals surface area contributed by atoms with Crippen LogP contribution in [0.2, 0.25) is 5.02 Å². The molecule has 2 rings (SSSR count). The molecule has 120 valence electrons. The van der Waals surface area contributed by atoms with Gasteiger partial charge in [0.05, 0.1) is 6.61 Å². The summed E-state index contributed by atoms with van der Waals surface area (Å²) in [5.41, 5.74) is 0. The molecule has 1 saturated heterocycles. The summed E-state index contributed by atoms with van der Waals surface area (Å²) in [4.78, 5) is 24.8. The molecule has 2 amide bonds. The second-order valence-electron chi connectivity index (χ2n) is 5.43. The van der Waals surface area contributed by atoms with Gasteiger partial charge in [-0.2, -0.15) is 0 Å². The van der Waals surface area contributed by atoms with E-state index in [1.807, 2.05) is 17.0 Å². The van der Waals surface area contributed by atoms with Crippen molar-refractivity contribution in [1.82, 2.24) is 10.2 Å². The van der Waals surface area contributed by atoms with E-state index in [1.165, 1.54) is 6.92 Å². The molecule has 0 spiro atoms. The number of amides is 2. The minimum atomic E-state index is -0.0809. The largest absolute Gasteiger partial charge is 0.494 e. The molecule has 1 atom stereocenters. The average molecular weight is 325 g/mol. The van der Waals surface area contributed by atoms with Crippen LogP contribution in [0.15, 0.2) is 24.3 Å². The molecular formula is C16H21ClN2O3. The molecule has 0 radical (unpaired) electrons. The SMILES string of the molecule is CC(=O)NC1CCN(CCCOc2ccc(Cl)cc2)C(=O)C1. The van der Waals surface area contributed by atoms with Crippen LogP contribution in [0.1, 0.15) is 26.2 Å². The Morgan fingerprint density at radius 2 is 2.14 bits per heavy atom. The smallest absolute Gasteiger partial charge is 0.224 e. The first-order valence-corrected chi connectivity index (χ1v) is 7.85. The van der Waals surface area contributed by atoms with Gasteiger partial charge in [-0.25, -0.2) is 0 Å². The lowest BCUT2D eigenvalue weighted by molar-refractivity contribution is -0.134. The van der Waals surface area contributed by atoms with Crippen molar-refractivity contribution in [2.24, 2.45) is 0 Å². The number of piperidine rings is 1. The van der Waals surface area contributed by atoms with Crippen molar-refractivity contribution < 1.29 is 14.3 Å². The first kappa shape index (κ1) is 16.6. The fourth-order valence-electron chi connectivity index (χ4n) is 2.50. The van der Waals surface area contributed by atoms with Gasteiger partial charge in [0.25, 0.3) is 0 Å². The van der Waals surface area contributed by atoms with Crippen molar-refractivity contribution >= 4 is 23.4 Å². The van der Waals surface area contributed by atoms with Gasteiger partial charge < -0.3 is 15.0 Å². The van der Waals surface area contributed by atoms with Gasteiger partial charge in [0.2, 0.25) is 11.8 Å². The summed E-state index contributed by atoms with van der Waals surface area (Å²) in [7, 11) is 0. The number of halogens is 1. The lowest BCUT2D eigenvalue weighted by Gasteiger charge is -2.31. The number of nitrogens with zero attached hydrogens (tertiary/aromatic N) is 1. The van der Waals surface area contributed by atoms with Crippen molar-refractivity contribution in [2.45, 2.75) is 32.2 Å². The monoisotopic (exact) mass is 324 g/mol. The number of ether oxygens (including phenoxy) is 1. The third-order valence-corrected chi connectivity index (χ3v) is 3.84. The standard InChI is InChI=1S/C16H21ClN2O3/c1-12(20)18-14-7-9-19(16(21)11-14)8-2-10-22-15-5-3-13(17)4-6-15/h3-6,14H,2,7-11H2,1H3,(H,18,20). The highest BCUT2D eigenvalue weighted by Gasteiger charge is 2.25. The summed E-state index contributed by atoms with van der Waals surface area (Å²) in [6.45, 7) is 3.40. The summed E-state index contributed by atoms with van der Waals surface area (Å²) in [6.07, 6.45) is 1.97. The molecule has 0 aromatic heterocycles. The maximum absolute atomic E-state index is 12.0. The zero-order valence-corrected chi connectivity index (χ0v) is 13.4. The third-order valence-electron chi connectivity index (χ3n) is 3.58. The molecule has 1 aromatic rings. The van der Waals surface area contributed by atoms with E-state index in [-0.39, 0.29) is 17.9 Å². The minimum absolute atomic E-state index is 0.0217. The molecule has 1 fully saturated rings. The van der Waals surface area contributed by atoms with Gasteiger partial charge in [0.15, 0.2) is 0 Å². The third kappa shape index (κ3) is 5.22. The summed E-state index contributed by atoms with van der Waals surface area (Å²) in [6, 6.07) is 7.20. The minimum Gasteiger partial charge on any atom is -0.494 e. The van der Waals surface area contributed by atoms with E-state index in [0.717, 1.165) is 18.6 Å². The van der Waals surface area contributed by atoms with E-state index >= 15 is 0 Å². The molecule has 6 heteroatoms. The number of nitrogens with one attached hydrogen (secondary N) is 1. The van der Waals surface area contributed by atoms with Gasteiger partial charge in [-0.05, 0) is 37.1 Å². The van der Waals surface area contributed by atoms with Crippen molar-refractivity contribution in [3.05, 3.63) is 29.3 Å². The highest BCUT2D eigenvalue weighted by molar-refractivity contribution is 6.30. The van der Waals surface area contributed by atoms with E-state index in [9.17, 15) is 9.59 Å². The first-order valence-electron chi connectivity index (χ1n) is 7.48. The molecule has 5 nitrogen and oxygen atoms in total. The van der Waals surface area contributed by atoms with E-state index < -0.39 is 0 Å². The number of carbonyl (C=O) groups excluding carboxylic acids is 2. The molecule has 1 heterocycles. The zero-order chi connectivity index (χ0) is 15.9. The predicted molar refractivity (Wildman–Crippen MR) is 85.0 cm³/mol. The zero-order valence-electron chi connectivity index (χ0n) is 12.7. The van der Waals surface area contributed by atoms with Gasteiger partial charge in [-0.15, -0.1) is 0 Å². The van der Waals surface area contributed by atoms with Crippen LogP contribution in [0.4, 0.5) is 0 Å². The number of carbonyl (C=O) groups is 2. The second-order valence-corrected chi connectivity index (χ2v) is 5.86. The van der Waals surface area contributed by atoms with Gasteiger partial charge in [-0.3, -0.25) is 9.59 Å². The number of rotatable bonds is 6. The van der Waals surface area contributed by atoms with Gasteiger partial charge in [0.1, 0.15) is 5.75 Å². The van der Waals surface area contributed by atoms with E-state index in [4.69, 9.17) is 16.3 Å². The van der Waals surface area contributed by atoms with Crippen LogP contribution in [-0.2, 0) is 9.59 Å². The molecule has 0 aliphatic carbocycles. The summed E-state index contributed by atoms with van der Waals surface area (Å²) >= 11 is 5.81. The topological polar surface area (TPSA) is 58.6 Å². The fraction of sp³-hybridized carbons (Fsp3) is 0.500. The quantitative estimate of drug-likeness (QED) is 0.816. The summed E-state index contributed by atoms with van der Waals surface area (Å²) in [5, 5.41) is 3.48. The van der Waals surface area contributed by atoms with Crippen LogP contribution in [-0.4, -0.2) is 42.5 Å². The Labute approximate surface area is 135 Å². The molecule has 1 unspecified atom stereocenters. The Bertz CT molecular complexity index is 519. The predicted octanol–water partition coefficient (Wildman–Crippen LogP) is 2.24. The van der Waals surface area contributed by atoms with Gasteiger partial charge in [-0.1, -0.05) is 11.6 Å². The van der Waals surface area contributed by atoms with Crippen LogP contribution >= 0.6 is 11.6 Å². The Hall–Kier alpha value is -1.75. The normalized spacial score (nSPS) is 18.2. The molecule has 1 aliphatic rings. The number of hydrogen-bond acceptors (Lipinski definition) is 3. The van der Waals surface area contributed by atoms with Crippen molar-refractivity contribution in [2.75, 3.05) is 19.7 Å². The lowest BCUT2D eigenvalue weighted by Crippen LogP contribution is -2.47. The van der Waals surface area contributed by atoms with Crippen molar-refractivity contribution in [3.63, 3.8) is 0 Å². The van der Waals surface area contributed by atoms with Crippen LogP contribution in [0.5, 0.6) is 5.75 Å². The maximum atomic E-state index is 12.0. The number of hydrogen-bond donors (Lipinski definition) is 1. The fourth-order valence-corrected chi connectivity index (χ4v) is 2.63. The molecule has 22 heavy (non-hydrogen) atoms. The Kier molecular flexibility index (Phi) is 6.07. The molecule has 0 bridgehead atoms. The second kappa shape index (κ2) is 8.03. The number of likely N-dealkylation sites (tertiary alicyclic amines) is 1. The molecule has 1 aliphatic heterocycles. The highest BCUT2D eigenvalue weighted by atomic mass is 35.5. The van der Waals surface area contributed by atoms with Crippen LogP contribution in [0.25, 0.3) is 0 Å². The Morgan fingerprint density at radius 1 is 1.41 bits per heavy atom. The highest BCUT2D eigenvalue weighted by Crippen LogP contribution is 2.16. The molecule has 0 saturated carbocycles. The van der Waals surface area contributed by atoms with Crippen LogP contribution in [0.3, 0.4) is 0 Å². The Balaban J connectivity index is 1.66. The molecule has 1 aromatic carbocycles. The molecular weight excluding hydrogens is 304 g/mol. The molecule has 1 N–H and O–H groups in total. The lowest BCUT2D eigenvalue weighted by atomic mass is 10.0. The summed E-state index contributed by atoms with van der Waals surface area (Å²) < 4.78 is 5.61. The van der Waals surface area contributed by atoms with Gasteiger partial charge in [0, 0.05) is 37.5 Å². The van der Waals surface area contributed by atoms with Crippen molar-refractivity contribution in [1.29, 1.82) is 0 Å². The number of benzene rings is 1. The van der Waals surface area contributed by atoms with Gasteiger partial charge >= 0.3 is 0 Å².